The Labute approximate surface area is 92.2 Å². The Morgan fingerprint density at radius 3 is 2.25 bits per heavy atom. The Bertz CT molecular complexity index is 319. The standard InChI is InChI=1S/C11H14F3NO/c1-8(15)2-3-9-4-6-10(7-5-9)16-11(12,13)14/h4-8H,2-3,15H2,1H3. The molecule has 0 bridgehead atoms. The Kier molecular flexibility index (Phi) is 4.18. The zero-order valence-corrected chi connectivity index (χ0v) is 8.92. The minimum atomic E-state index is -4.63. The SMILES string of the molecule is CC(N)CCc1ccc(OC(F)(F)F)cc1. The molecule has 1 atom stereocenters. The van der Waals surface area contributed by atoms with Crippen molar-refractivity contribution in [2.24, 2.45) is 5.73 Å². The highest BCUT2D eigenvalue weighted by molar-refractivity contribution is 5.27. The fraction of sp³-hybridized carbons (Fsp3) is 0.455. The zero-order valence-electron chi connectivity index (χ0n) is 8.92. The lowest BCUT2D eigenvalue weighted by Gasteiger charge is -2.09. The minimum absolute atomic E-state index is 0.0890. The monoisotopic (exact) mass is 233 g/mol. The van der Waals surface area contributed by atoms with Gasteiger partial charge in [0.25, 0.3) is 0 Å². The van der Waals surface area contributed by atoms with E-state index >= 15 is 0 Å². The summed E-state index contributed by atoms with van der Waals surface area (Å²) < 4.78 is 39.3. The van der Waals surface area contributed by atoms with E-state index in [0.717, 1.165) is 18.4 Å². The lowest BCUT2D eigenvalue weighted by atomic mass is 10.1. The maximum Gasteiger partial charge on any atom is 0.573 e. The molecule has 0 amide bonds. The average molecular weight is 233 g/mol. The van der Waals surface area contributed by atoms with E-state index in [1.807, 2.05) is 6.92 Å². The van der Waals surface area contributed by atoms with Crippen LogP contribution < -0.4 is 10.5 Å². The van der Waals surface area contributed by atoms with Crippen LogP contribution in [-0.2, 0) is 6.42 Å². The maximum absolute atomic E-state index is 11.9. The normalized spacial score (nSPS) is 13.6. The van der Waals surface area contributed by atoms with Crippen molar-refractivity contribution >= 4 is 0 Å². The van der Waals surface area contributed by atoms with Crippen molar-refractivity contribution in [2.75, 3.05) is 0 Å². The van der Waals surface area contributed by atoms with Gasteiger partial charge in [0.15, 0.2) is 0 Å². The van der Waals surface area contributed by atoms with Gasteiger partial charge in [0.2, 0.25) is 0 Å². The third-order valence-corrected chi connectivity index (χ3v) is 2.05. The van der Waals surface area contributed by atoms with Crippen LogP contribution in [-0.4, -0.2) is 12.4 Å². The van der Waals surface area contributed by atoms with E-state index in [4.69, 9.17) is 5.73 Å². The highest BCUT2D eigenvalue weighted by Crippen LogP contribution is 2.22. The molecule has 1 aromatic carbocycles. The molecule has 0 fully saturated rings. The Balaban J connectivity index is 2.54. The first-order valence-electron chi connectivity index (χ1n) is 4.97. The fourth-order valence-electron chi connectivity index (χ4n) is 1.25. The van der Waals surface area contributed by atoms with Crippen LogP contribution in [0.3, 0.4) is 0 Å². The summed E-state index contributed by atoms with van der Waals surface area (Å²) >= 11 is 0. The van der Waals surface area contributed by atoms with Gasteiger partial charge in [0, 0.05) is 6.04 Å². The molecule has 1 aromatic rings. The predicted molar refractivity (Wildman–Crippen MR) is 55.1 cm³/mol. The first-order valence-corrected chi connectivity index (χ1v) is 4.97. The van der Waals surface area contributed by atoms with Gasteiger partial charge in [0.05, 0.1) is 0 Å². The quantitative estimate of drug-likeness (QED) is 0.867. The first-order chi connectivity index (χ1) is 7.37. The van der Waals surface area contributed by atoms with E-state index in [1.165, 1.54) is 12.1 Å². The number of rotatable bonds is 4. The summed E-state index contributed by atoms with van der Waals surface area (Å²) in [6.45, 7) is 1.89. The number of benzene rings is 1. The van der Waals surface area contributed by atoms with Gasteiger partial charge < -0.3 is 10.5 Å². The molecule has 0 saturated heterocycles. The van der Waals surface area contributed by atoms with E-state index in [1.54, 1.807) is 12.1 Å². The Morgan fingerprint density at radius 1 is 1.25 bits per heavy atom. The number of hydrogen-bond donors (Lipinski definition) is 1. The summed E-state index contributed by atoms with van der Waals surface area (Å²) in [6.07, 6.45) is -3.07. The molecule has 1 rings (SSSR count). The van der Waals surface area contributed by atoms with Crippen LogP contribution in [0.15, 0.2) is 24.3 Å². The van der Waals surface area contributed by atoms with Crippen LogP contribution in [0, 0.1) is 0 Å². The van der Waals surface area contributed by atoms with Crippen molar-refractivity contribution in [1.29, 1.82) is 0 Å². The van der Waals surface area contributed by atoms with Crippen molar-refractivity contribution in [3.63, 3.8) is 0 Å². The number of ether oxygens (including phenoxy) is 1. The van der Waals surface area contributed by atoms with Crippen molar-refractivity contribution < 1.29 is 17.9 Å². The molecule has 0 heterocycles. The molecule has 1 unspecified atom stereocenters. The molecule has 0 aromatic heterocycles. The maximum atomic E-state index is 11.9. The number of halogens is 3. The Morgan fingerprint density at radius 2 is 1.81 bits per heavy atom. The van der Waals surface area contributed by atoms with Crippen molar-refractivity contribution in [2.45, 2.75) is 32.2 Å². The molecule has 2 nitrogen and oxygen atoms in total. The molecular formula is C11H14F3NO. The van der Waals surface area contributed by atoms with Gasteiger partial charge in [-0.25, -0.2) is 0 Å². The van der Waals surface area contributed by atoms with Crippen LogP contribution in [0.25, 0.3) is 0 Å². The molecule has 90 valence electrons. The van der Waals surface area contributed by atoms with E-state index in [0.29, 0.717) is 0 Å². The van der Waals surface area contributed by atoms with Gasteiger partial charge in [-0.05, 0) is 37.5 Å². The van der Waals surface area contributed by atoms with E-state index < -0.39 is 6.36 Å². The lowest BCUT2D eigenvalue weighted by Crippen LogP contribution is -2.17. The molecule has 0 spiro atoms. The fourth-order valence-corrected chi connectivity index (χ4v) is 1.25. The molecular weight excluding hydrogens is 219 g/mol. The predicted octanol–water partition coefficient (Wildman–Crippen LogP) is 2.87. The third kappa shape index (κ3) is 5.02. The van der Waals surface area contributed by atoms with E-state index in [2.05, 4.69) is 4.74 Å². The Hall–Kier alpha value is -1.23. The van der Waals surface area contributed by atoms with E-state index in [-0.39, 0.29) is 11.8 Å². The van der Waals surface area contributed by atoms with Gasteiger partial charge in [-0.3, -0.25) is 0 Å². The van der Waals surface area contributed by atoms with Gasteiger partial charge in [0.1, 0.15) is 5.75 Å². The van der Waals surface area contributed by atoms with Crippen LogP contribution in [0.5, 0.6) is 5.75 Å². The van der Waals surface area contributed by atoms with Gasteiger partial charge >= 0.3 is 6.36 Å². The van der Waals surface area contributed by atoms with Crippen LogP contribution >= 0.6 is 0 Å². The minimum Gasteiger partial charge on any atom is -0.406 e. The number of nitrogens with two attached hydrogens (primary N) is 1. The molecule has 16 heavy (non-hydrogen) atoms. The summed E-state index contributed by atoms with van der Waals surface area (Å²) in [7, 11) is 0. The summed E-state index contributed by atoms with van der Waals surface area (Å²) in [4.78, 5) is 0. The van der Waals surface area contributed by atoms with Crippen molar-refractivity contribution in [3.8, 4) is 5.75 Å². The summed E-state index contributed by atoms with van der Waals surface area (Å²) in [5.74, 6) is -0.197. The second kappa shape index (κ2) is 5.21. The second-order valence-electron chi connectivity index (χ2n) is 3.71. The topological polar surface area (TPSA) is 35.2 Å². The zero-order chi connectivity index (χ0) is 12.2. The second-order valence-corrected chi connectivity index (χ2v) is 3.71. The molecule has 2 N–H and O–H groups in total. The van der Waals surface area contributed by atoms with E-state index in [9.17, 15) is 13.2 Å². The average Bonchev–Trinajstić information content (AvgIpc) is 2.14. The molecule has 5 heteroatoms. The van der Waals surface area contributed by atoms with Gasteiger partial charge in [-0.2, -0.15) is 0 Å². The molecule has 0 aliphatic rings. The summed E-state index contributed by atoms with van der Waals surface area (Å²) in [6, 6.07) is 5.94. The smallest absolute Gasteiger partial charge is 0.406 e. The largest absolute Gasteiger partial charge is 0.573 e. The first kappa shape index (κ1) is 12.8. The third-order valence-electron chi connectivity index (χ3n) is 2.05. The van der Waals surface area contributed by atoms with Crippen LogP contribution in [0.4, 0.5) is 13.2 Å². The number of hydrogen-bond acceptors (Lipinski definition) is 2. The molecule has 0 radical (unpaired) electrons. The summed E-state index contributed by atoms with van der Waals surface area (Å²) in [5, 5.41) is 0. The van der Waals surface area contributed by atoms with Gasteiger partial charge in [-0.15, -0.1) is 13.2 Å². The van der Waals surface area contributed by atoms with Crippen molar-refractivity contribution in [1.82, 2.24) is 0 Å². The van der Waals surface area contributed by atoms with Crippen molar-refractivity contribution in [3.05, 3.63) is 29.8 Å². The molecule has 0 aliphatic heterocycles. The lowest BCUT2D eigenvalue weighted by molar-refractivity contribution is -0.274. The van der Waals surface area contributed by atoms with Gasteiger partial charge in [-0.1, -0.05) is 12.1 Å². The number of aryl methyl sites for hydroxylation is 1. The highest BCUT2D eigenvalue weighted by atomic mass is 19.4. The number of alkyl halides is 3. The van der Waals surface area contributed by atoms with Crippen LogP contribution in [0.1, 0.15) is 18.9 Å². The molecule has 0 saturated carbocycles. The highest BCUT2D eigenvalue weighted by Gasteiger charge is 2.30. The van der Waals surface area contributed by atoms with Crippen LogP contribution in [0.2, 0.25) is 0 Å². The summed E-state index contributed by atoms with van der Waals surface area (Å²) in [5.41, 5.74) is 6.53. The molecule has 0 aliphatic carbocycles.